The van der Waals surface area contributed by atoms with Crippen molar-refractivity contribution in [1.82, 2.24) is 0 Å². The third-order valence-corrected chi connectivity index (χ3v) is 23.9. The van der Waals surface area contributed by atoms with E-state index in [2.05, 4.69) is 0 Å². The number of hydrogen-bond donors (Lipinski definition) is 1. The normalized spacial score (nSPS) is 16.0. The molecule has 0 bridgehead atoms. The molecule has 29 heavy (non-hydrogen) atoms. The van der Waals surface area contributed by atoms with E-state index in [9.17, 15) is 9.90 Å². The minimum absolute atomic E-state index is 0.126. The summed E-state index contributed by atoms with van der Waals surface area (Å²) in [5.41, 5.74) is 0. The molecule has 0 heterocycles. The molecule has 2 nitrogen and oxygen atoms in total. The van der Waals surface area contributed by atoms with Gasteiger partial charge in [0.05, 0.1) is 32.3 Å². The fraction of sp³-hybridized carbons (Fsp3) is 0.842. The van der Waals surface area contributed by atoms with E-state index < -0.39 is 66.0 Å². The van der Waals surface area contributed by atoms with E-state index in [1.807, 2.05) is 0 Å². The molecule has 172 valence electrons. The Morgan fingerprint density at radius 3 is 1.14 bits per heavy atom. The first-order chi connectivity index (χ1) is 12.3. The van der Waals surface area contributed by atoms with Gasteiger partial charge in [-0.25, -0.2) is 0 Å². The second kappa shape index (κ2) is 8.38. The molecule has 0 aliphatic heterocycles. The van der Waals surface area contributed by atoms with Crippen molar-refractivity contribution in [3.8, 4) is 0 Å². The minimum Gasteiger partial charge on any atom is -0.506 e. The topological polar surface area (TPSA) is 37.3 Å². The van der Waals surface area contributed by atoms with Crippen LogP contribution >= 0.6 is 0 Å². The zero-order chi connectivity index (χ0) is 24.0. The molecule has 0 aromatic carbocycles. The van der Waals surface area contributed by atoms with Gasteiger partial charge in [0.1, 0.15) is 0 Å². The van der Waals surface area contributed by atoms with Gasteiger partial charge in [0, 0.05) is 16.4 Å². The standard InChI is InChI=1S/C19H40F4O2Si4/c1-26(2,3)16(27(4,5)6)18(20,21)14(24)13-15(25)19(22,23)17(28(7,8)9)29(10,11)12/h13,16-17,24H,1-12H3/b14-13-. The van der Waals surface area contributed by atoms with Crippen molar-refractivity contribution in [2.45, 2.75) is 101 Å². The molecular weight excluding hydrogens is 449 g/mol. The lowest BCUT2D eigenvalue weighted by Gasteiger charge is -2.43. The molecule has 0 amide bonds. The lowest BCUT2D eigenvalue weighted by Crippen LogP contribution is -2.56. The lowest BCUT2D eigenvalue weighted by atomic mass is 10.1. The average molecular weight is 489 g/mol. The van der Waals surface area contributed by atoms with Crippen molar-refractivity contribution >= 4 is 38.1 Å². The van der Waals surface area contributed by atoms with E-state index in [0.29, 0.717) is 0 Å². The quantitative estimate of drug-likeness (QED) is 0.158. The van der Waals surface area contributed by atoms with Crippen LogP contribution in [-0.4, -0.2) is 55.0 Å². The van der Waals surface area contributed by atoms with Crippen LogP contribution in [0.15, 0.2) is 11.8 Å². The Morgan fingerprint density at radius 2 is 0.897 bits per heavy atom. The minimum atomic E-state index is -3.77. The second-order valence-electron chi connectivity index (χ2n) is 12.5. The third kappa shape index (κ3) is 6.90. The van der Waals surface area contributed by atoms with Crippen molar-refractivity contribution < 1.29 is 27.5 Å². The Labute approximate surface area is 178 Å². The van der Waals surface area contributed by atoms with E-state index in [1.54, 1.807) is 78.6 Å². The van der Waals surface area contributed by atoms with E-state index in [0.717, 1.165) is 0 Å². The molecule has 0 saturated heterocycles. The van der Waals surface area contributed by atoms with Crippen LogP contribution in [0.3, 0.4) is 0 Å². The summed E-state index contributed by atoms with van der Waals surface area (Å²) in [4.78, 5) is 12.5. The summed E-state index contributed by atoms with van der Waals surface area (Å²) in [6.45, 7) is 21.3. The Balaban J connectivity index is 6.35. The van der Waals surface area contributed by atoms with Gasteiger partial charge in [-0.15, -0.1) is 0 Å². The summed E-state index contributed by atoms with van der Waals surface area (Å²) in [6, 6.07) is 0. The predicted octanol–water partition coefficient (Wildman–Crippen LogP) is 7.44. The molecule has 0 aromatic rings. The Hall–Kier alpha value is -0.202. The van der Waals surface area contributed by atoms with Crippen LogP contribution in [0.1, 0.15) is 0 Å². The summed E-state index contributed by atoms with van der Waals surface area (Å²) in [6.07, 6.45) is 0.126. The zero-order valence-corrected chi connectivity index (χ0v) is 24.1. The van der Waals surface area contributed by atoms with Crippen LogP contribution < -0.4 is 0 Å². The summed E-state index contributed by atoms with van der Waals surface area (Å²) in [7, 11) is -9.93. The molecule has 0 aromatic heterocycles. The number of ketones is 1. The second-order valence-corrected chi connectivity index (χ2v) is 34.9. The molecule has 0 atom stereocenters. The van der Waals surface area contributed by atoms with E-state index in [-0.39, 0.29) is 6.08 Å². The number of carbonyl (C=O) groups excluding carboxylic acids is 1. The molecule has 0 rings (SSSR count). The first kappa shape index (κ1) is 28.8. The number of hydrogen-bond acceptors (Lipinski definition) is 2. The highest BCUT2D eigenvalue weighted by atomic mass is 28.4. The molecule has 0 aliphatic carbocycles. The fourth-order valence-electron chi connectivity index (χ4n) is 5.38. The number of aliphatic hydroxyl groups is 1. The first-order valence-corrected chi connectivity index (χ1v) is 24.3. The first-order valence-electron chi connectivity index (χ1n) is 9.99. The van der Waals surface area contributed by atoms with Gasteiger partial charge in [0.15, 0.2) is 5.76 Å². The van der Waals surface area contributed by atoms with Crippen LogP contribution in [-0.2, 0) is 4.79 Å². The maximum atomic E-state index is 15.3. The van der Waals surface area contributed by atoms with E-state index in [1.165, 1.54) is 0 Å². The summed E-state index contributed by atoms with van der Waals surface area (Å²) in [5.74, 6) is -10.7. The van der Waals surface area contributed by atoms with Crippen molar-refractivity contribution in [1.29, 1.82) is 0 Å². The van der Waals surface area contributed by atoms with Crippen molar-refractivity contribution in [3.63, 3.8) is 0 Å². The molecule has 0 saturated carbocycles. The Kier molecular flexibility index (Phi) is 8.32. The van der Waals surface area contributed by atoms with Gasteiger partial charge in [-0.3, -0.25) is 4.79 Å². The molecule has 0 fully saturated rings. The number of allylic oxidation sites excluding steroid dienone is 2. The molecule has 1 N–H and O–H groups in total. The van der Waals surface area contributed by atoms with Gasteiger partial charge in [-0.05, 0) is 0 Å². The SMILES string of the molecule is C[Si](C)(C)C(C(F)(F)C(=O)/C=C(\O)C(F)(F)C([Si](C)(C)C)[Si](C)(C)C)[Si](C)(C)C. The van der Waals surface area contributed by atoms with Crippen LogP contribution in [0, 0.1) is 0 Å². The van der Waals surface area contributed by atoms with Gasteiger partial charge in [0.2, 0.25) is 5.78 Å². The molecule has 0 aliphatic rings. The molecular formula is C19H40F4O2Si4. The largest absolute Gasteiger partial charge is 0.506 e. The highest BCUT2D eigenvalue weighted by Crippen LogP contribution is 2.49. The van der Waals surface area contributed by atoms with Crippen molar-refractivity contribution in [2.24, 2.45) is 0 Å². The summed E-state index contributed by atoms with van der Waals surface area (Å²) < 4.78 is 61.0. The van der Waals surface area contributed by atoms with Crippen LogP contribution in [0.2, 0.25) is 88.9 Å². The van der Waals surface area contributed by atoms with Crippen molar-refractivity contribution in [3.05, 3.63) is 11.8 Å². The summed E-state index contributed by atoms with van der Waals surface area (Å²) in [5, 5.41) is 8.00. The summed E-state index contributed by atoms with van der Waals surface area (Å²) >= 11 is 0. The number of alkyl halides is 4. The smallest absolute Gasteiger partial charge is 0.307 e. The molecule has 0 spiro atoms. The maximum absolute atomic E-state index is 15.3. The van der Waals surface area contributed by atoms with E-state index in [4.69, 9.17) is 0 Å². The van der Waals surface area contributed by atoms with Crippen LogP contribution in [0.5, 0.6) is 0 Å². The average Bonchev–Trinajstić information content (AvgIpc) is 2.28. The van der Waals surface area contributed by atoms with Gasteiger partial charge < -0.3 is 5.11 Å². The number of carbonyl (C=O) groups is 1. The van der Waals surface area contributed by atoms with Gasteiger partial charge >= 0.3 is 11.8 Å². The van der Waals surface area contributed by atoms with Crippen LogP contribution in [0.4, 0.5) is 17.6 Å². The monoisotopic (exact) mass is 488 g/mol. The zero-order valence-electron chi connectivity index (χ0n) is 20.1. The lowest BCUT2D eigenvalue weighted by molar-refractivity contribution is -0.137. The Morgan fingerprint density at radius 1 is 0.655 bits per heavy atom. The molecule has 10 heteroatoms. The number of rotatable bonds is 9. The van der Waals surface area contributed by atoms with E-state index >= 15 is 17.6 Å². The highest BCUT2D eigenvalue weighted by molar-refractivity contribution is 6.97. The molecule has 0 unspecified atom stereocenters. The third-order valence-electron chi connectivity index (χ3n) is 5.13. The van der Waals surface area contributed by atoms with Gasteiger partial charge in [0.25, 0.3) is 0 Å². The predicted molar refractivity (Wildman–Crippen MR) is 126 cm³/mol. The Bertz CT molecular complexity index is 609. The van der Waals surface area contributed by atoms with Crippen LogP contribution in [0.25, 0.3) is 0 Å². The van der Waals surface area contributed by atoms with Gasteiger partial charge in [-0.1, -0.05) is 78.6 Å². The van der Waals surface area contributed by atoms with Crippen molar-refractivity contribution in [2.75, 3.05) is 0 Å². The number of aliphatic hydroxyl groups excluding tert-OH is 1. The fourth-order valence-corrected chi connectivity index (χ4v) is 31.1. The molecule has 0 radical (unpaired) electrons. The number of halogens is 4. The highest BCUT2D eigenvalue weighted by Gasteiger charge is 2.59. The maximum Gasteiger partial charge on any atom is 0.307 e. The van der Waals surface area contributed by atoms with Gasteiger partial charge in [-0.2, -0.15) is 17.6 Å².